The third-order valence-electron chi connectivity index (χ3n) is 4.94. The fraction of sp³-hybridized carbons (Fsp3) is 0.667. The number of hydrogen-bond donors (Lipinski definition) is 3. The minimum absolute atomic E-state index is 0. The first-order valence-corrected chi connectivity index (χ1v) is 10.3. The van der Waals surface area contributed by atoms with E-state index in [4.69, 9.17) is 4.74 Å². The summed E-state index contributed by atoms with van der Waals surface area (Å²) in [6, 6.07) is 6.11. The summed E-state index contributed by atoms with van der Waals surface area (Å²) in [5.74, 6) is 1.51. The number of guanidine groups is 1. The Labute approximate surface area is 187 Å². The van der Waals surface area contributed by atoms with Crippen molar-refractivity contribution in [3.05, 3.63) is 23.8 Å². The summed E-state index contributed by atoms with van der Waals surface area (Å²) >= 11 is 0. The molecule has 0 saturated carbocycles. The van der Waals surface area contributed by atoms with Crippen LogP contribution in [0.25, 0.3) is 0 Å². The third kappa shape index (κ3) is 8.43. The molecule has 6 nitrogen and oxygen atoms in total. The first-order chi connectivity index (χ1) is 13.1. The quantitative estimate of drug-likeness (QED) is 0.207. The van der Waals surface area contributed by atoms with Gasteiger partial charge in [-0.2, -0.15) is 0 Å². The highest BCUT2D eigenvalue weighted by Gasteiger charge is 2.17. The number of nitrogens with one attached hydrogen (secondary N) is 2. The number of phenolic OH excluding ortho intramolecular Hbond substituents is 1. The van der Waals surface area contributed by atoms with Crippen LogP contribution in [0, 0.1) is 0 Å². The second-order valence-electron chi connectivity index (χ2n) is 7.09. The van der Waals surface area contributed by atoms with Crippen LogP contribution >= 0.6 is 24.0 Å². The van der Waals surface area contributed by atoms with Crippen molar-refractivity contribution in [2.45, 2.75) is 59.0 Å². The summed E-state index contributed by atoms with van der Waals surface area (Å²) in [7, 11) is 0. The van der Waals surface area contributed by atoms with Gasteiger partial charge in [-0.25, -0.2) is 4.99 Å². The molecule has 1 aliphatic rings. The van der Waals surface area contributed by atoms with Gasteiger partial charge in [0.1, 0.15) is 0 Å². The third-order valence-corrected chi connectivity index (χ3v) is 4.94. The maximum atomic E-state index is 9.81. The maximum absolute atomic E-state index is 9.81. The van der Waals surface area contributed by atoms with Crippen LogP contribution in [0.3, 0.4) is 0 Å². The number of benzene rings is 1. The van der Waals surface area contributed by atoms with Crippen LogP contribution in [-0.2, 0) is 6.54 Å². The van der Waals surface area contributed by atoms with Crippen LogP contribution in [0.2, 0.25) is 0 Å². The van der Waals surface area contributed by atoms with Crippen LogP contribution < -0.4 is 15.4 Å². The number of hydrogen-bond acceptors (Lipinski definition) is 4. The predicted molar refractivity (Wildman–Crippen MR) is 127 cm³/mol. The molecule has 3 N–H and O–H groups in total. The fourth-order valence-electron chi connectivity index (χ4n) is 3.42. The Morgan fingerprint density at radius 3 is 2.82 bits per heavy atom. The zero-order valence-electron chi connectivity index (χ0n) is 17.5. The molecule has 0 spiro atoms. The summed E-state index contributed by atoms with van der Waals surface area (Å²) in [5.41, 5.74) is 1.01. The number of ether oxygens (including phenoxy) is 1. The summed E-state index contributed by atoms with van der Waals surface area (Å²) in [4.78, 5) is 7.26. The normalized spacial score (nSPS) is 17.7. The molecule has 0 aromatic heterocycles. The van der Waals surface area contributed by atoms with E-state index in [2.05, 4.69) is 34.4 Å². The van der Waals surface area contributed by atoms with Crippen molar-refractivity contribution in [2.24, 2.45) is 4.99 Å². The van der Waals surface area contributed by atoms with E-state index in [1.807, 2.05) is 19.1 Å². The van der Waals surface area contributed by atoms with Crippen LogP contribution in [0.4, 0.5) is 0 Å². The largest absolute Gasteiger partial charge is 0.504 e. The number of likely N-dealkylation sites (tertiary alicyclic amines) is 1. The lowest BCUT2D eigenvalue weighted by Crippen LogP contribution is -2.41. The Bertz CT molecular complexity index is 598. The number of halogens is 1. The molecule has 7 heteroatoms. The van der Waals surface area contributed by atoms with Crippen molar-refractivity contribution >= 4 is 29.9 Å². The standard InChI is InChI=1S/C21H36N4O2.HI/c1-4-22-21(23-12-8-14-25-13-7-6-9-17(25)3)24-16-18-10-11-19(26)20(15-18)27-5-2;/h10-11,15,17,26H,4-9,12-14,16H2,1-3H3,(H2,22,23,24);1H. The average Bonchev–Trinajstić information content (AvgIpc) is 2.67. The minimum atomic E-state index is 0. The molecule has 160 valence electrons. The van der Waals surface area contributed by atoms with E-state index in [9.17, 15) is 5.11 Å². The van der Waals surface area contributed by atoms with Gasteiger partial charge in [0.25, 0.3) is 0 Å². The van der Waals surface area contributed by atoms with Crippen LogP contribution in [0.1, 0.15) is 52.0 Å². The maximum Gasteiger partial charge on any atom is 0.191 e. The Balaban J connectivity index is 0.00000392. The molecule has 1 saturated heterocycles. The molecule has 1 heterocycles. The van der Waals surface area contributed by atoms with E-state index in [1.165, 1.54) is 25.8 Å². The monoisotopic (exact) mass is 504 g/mol. The van der Waals surface area contributed by atoms with Gasteiger partial charge in [-0.1, -0.05) is 12.5 Å². The molecule has 0 bridgehead atoms. The molecule has 2 rings (SSSR count). The van der Waals surface area contributed by atoms with Crippen LogP contribution in [0.5, 0.6) is 11.5 Å². The Hall–Kier alpha value is -1.22. The van der Waals surface area contributed by atoms with Gasteiger partial charge >= 0.3 is 0 Å². The van der Waals surface area contributed by atoms with E-state index in [0.29, 0.717) is 18.9 Å². The molecule has 1 fully saturated rings. The smallest absolute Gasteiger partial charge is 0.191 e. The molecule has 1 aliphatic heterocycles. The van der Waals surface area contributed by atoms with Crippen molar-refractivity contribution in [1.29, 1.82) is 0 Å². The second-order valence-corrected chi connectivity index (χ2v) is 7.09. The van der Waals surface area contributed by atoms with Crippen LogP contribution in [0.15, 0.2) is 23.2 Å². The second kappa shape index (κ2) is 13.9. The number of rotatable bonds is 9. The number of phenols is 1. The molecule has 0 aliphatic carbocycles. The van der Waals surface area contributed by atoms with Crippen molar-refractivity contribution in [3.63, 3.8) is 0 Å². The van der Waals surface area contributed by atoms with Gasteiger partial charge in [0.2, 0.25) is 0 Å². The molecular weight excluding hydrogens is 467 g/mol. The number of aliphatic imine (C=N–C) groups is 1. The number of piperidine rings is 1. The lowest BCUT2D eigenvalue weighted by Gasteiger charge is -2.33. The van der Waals surface area contributed by atoms with Gasteiger partial charge in [0, 0.05) is 25.7 Å². The molecule has 0 amide bonds. The van der Waals surface area contributed by atoms with Crippen molar-refractivity contribution in [1.82, 2.24) is 15.5 Å². The first kappa shape index (κ1) is 24.8. The van der Waals surface area contributed by atoms with Crippen LogP contribution in [-0.4, -0.2) is 54.8 Å². The van der Waals surface area contributed by atoms with Crippen molar-refractivity contribution < 1.29 is 9.84 Å². The number of nitrogens with zero attached hydrogens (tertiary/aromatic N) is 2. The van der Waals surface area contributed by atoms with Gasteiger partial charge in [0.15, 0.2) is 17.5 Å². The number of aromatic hydroxyl groups is 1. The van der Waals surface area contributed by atoms with Crippen molar-refractivity contribution in [3.8, 4) is 11.5 Å². The van der Waals surface area contributed by atoms with Gasteiger partial charge in [0.05, 0.1) is 13.2 Å². The van der Waals surface area contributed by atoms with E-state index >= 15 is 0 Å². The zero-order chi connectivity index (χ0) is 19.5. The van der Waals surface area contributed by atoms with E-state index < -0.39 is 0 Å². The van der Waals surface area contributed by atoms with Gasteiger partial charge in [-0.3, -0.25) is 0 Å². The fourth-order valence-corrected chi connectivity index (χ4v) is 3.42. The van der Waals surface area contributed by atoms with Gasteiger partial charge in [-0.15, -0.1) is 24.0 Å². The molecular formula is C21H37IN4O2. The zero-order valence-corrected chi connectivity index (χ0v) is 19.9. The minimum Gasteiger partial charge on any atom is -0.504 e. The summed E-state index contributed by atoms with van der Waals surface area (Å²) in [5, 5.41) is 16.5. The highest BCUT2D eigenvalue weighted by Crippen LogP contribution is 2.27. The molecule has 28 heavy (non-hydrogen) atoms. The van der Waals surface area contributed by atoms with Gasteiger partial charge < -0.3 is 25.4 Å². The molecule has 1 atom stereocenters. The van der Waals surface area contributed by atoms with Crippen molar-refractivity contribution in [2.75, 3.05) is 32.8 Å². The lowest BCUT2D eigenvalue weighted by atomic mass is 10.0. The SMILES string of the molecule is CCNC(=NCc1ccc(O)c(OCC)c1)NCCCN1CCCCC1C.I. The topological polar surface area (TPSA) is 69.1 Å². The Morgan fingerprint density at radius 1 is 1.29 bits per heavy atom. The highest BCUT2D eigenvalue weighted by atomic mass is 127. The first-order valence-electron chi connectivity index (χ1n) is 10.3. The molecule has 1 aromatic rings. The average molecular weight is 504 g/mol. The van der Waals surface area contributed by atoms with E-state index in [1.54, 1.807) is 6.07 Å². The predicted octanol–water partition coefficient (Wildman–Crippen LogP) is 3.73. The van der Waals surface area contributed by atoms with Gasteiger partial charge in [-0.05, 0) is 64.3 Å². The highest BCUT2D eigenvalue weighted by molar-refractivity contribution is 14.0. The Morgan fingerprint density at radius 2 is 2.11 bits per heavy atom. The van der Waals surface area contributed by atoms with E-state index in [0.717, 1.165) is 43.6 Å². The summed E-state index contributed by atoms with van der Waals surface area (Å²) in [6.07, 6.45) is 5.14. The molecule has 1 unspecified atom stereocenters. The summed E-state index contributed by atoms with van der Waals surface area (Å²) < 4.78 is 5.44. The summed E-state index contributed by atoms with van der Waals surface area (Å²) in [6.45, 7) is 11.5. The van der Waals surface area contributed by atoms with E-state index in [-0.39, 0.29) is 29.7 Å². The Kier molecular flexibility index (Phi) is 12.3. The molecule has 1 aromatic carbocycles. The molecule has 0 radical (unpaired) electrons. The lowest BCUT2D eigenvalue weighted by molar-refractivity contribution is 0.159.